The zero-order valence-corrected chi connectivity index (χ0v) is 30.1. The highest BCUT2D eigenvalue weighted by Gasteiger charge is 2.22. The van der Waals surface area contributed by atoms with E-state index in [1.165, 1.54) is 54.2 Å². The van der Waals surface area contributed by atoms with E-state index in [-0.39, 0.29) is 0 Å². The molecule has 260 valence electrons. The van der Waals surface area contributed by atoms with Crippen molar-refractivity contribution in [2.75, 3.05) is 0 Å². The van der Waals surface area contributed by atoms with Crippen LogP contribution in [0.4, 0.5) is 0 Å². The summed E-state index contributed by atoms with van der Waals surface area (Å²) in [6.45, 7) is 0. The molecule has 0 amide bonds. The Kier molecular flexibility index (Phi) is 6.60. The number of benzene rings is 9. The van der Waals surface area contributed by atoms with Crippen LogP contribution in [0.2, 0.25) is 0 Å². The van der Waals surface area contributed by atoms with Crippen LogP contribution in [0.5, 0.6) is 0 Å². The summed E-state index contributed by atoms with van der Waals surface area (Å²) < 4.78 is 8.80. The molecule has 12 rings (SSSR count). The maximum absolute atomic E-state index is 6.53. The van der Waals surface area contributed by atoms with E-state index in [0.29, 0.717) is 5.82 Å². The lowest BCUT2D eigenvalue weighted by atomic mass is 9.88. The topological polar surface area (TPSA) is 43.9 Å². The molecule has 0 radical (unpaired) electrons. The van der Waals surface area contributed by atoms with Gasteiger partial charge in [0.15, 0.2) is 5.82 Å². The fraction of sp³-hybridized carbons (Fsp3) is 0. The Morgan fingerprint density at radius 2 is 1.00 bits per heavy atom. The first-order chi connectivity index (χ1) is 27.8. The SMILES string of the molecule is c1ccc(-c2ccc3c(c2)c2c(-c4cccc(-c5cc(-n6c7ccccc7c7ccccc76)nc(-c6ccccc6)n5)c4)ccc4oc5cccc3c5c42)cc1. The molecule has 0 N–H and O–H groups in total. The molecule has 0 spiro atoms. The fourth-order valence-corrected chi connectivity index (χ4v) is 8.88. The van der Waals surface area contributed by atoms with E-state index in [1.807, 2.05) is 18.2 Å². The Morgan fingerprint density at radius 1 is 0.357 bits per heavy atom. The minimum atomic E-state index is 0.682. The summed E-state index contributed by atoms with van der Waals surface area (Å²) >= 11 is 0. The molecule has 0 unspecified atom stereocenters. The second-order valence-electron chi connectivity index (χ2n) is 14.5. The van der Waals surface area contributed by atoms with E-state index in [2.05, 4.69) is 174 Å². The second kappa shape index (κ2) is 12.0. The minimum Gasteiger partial charge on any atom is -0.456 e. The van der Waals surface area contributed by atoms with Crippen LogP contribution in [0.25, 0.3) is 116 Å². The van der Waals surface area contributed by atoms with Gasteiger partial charge in [-0.2, -0.15) is 0 Å². The van der Waals surface area contributed by atoms with Crippen molar-refractivity contribution >= 4 is 65.3 Å². The first kappa shape index (κ1) is 30.9. The lowest BCUT2D eigenvalue weighted by Gasteiger charge is -2.15. The summed E-state index contributed by atoms with van der Waals surface area (Å²) in [5.41, 5.74) is 11.5. The number of hydrogen-bond donors (Lipinski definition) is 0. The smallest absolute Gasteiger partial charge is 0.162 e. The van der Waals surface area contributed by atoms with Gasteiger partial charge in [0.2, 0.25) is 0 Å². The number of aromatic nitrogens is 3. The molecule has 3 aromatic heterocycles. The molecule has 0 saturated carbocycles. The highest BCUT2D eigenvalue weighted by molar-refractivity contribution is 6.35. The molecule has 3 heterocycles. The molecule has 4 nitrogen and oxygen atoms in total. The number of hydrogen-bond acceptors (Lipinski definition) is 3. The van der Waals surface area contributed by atoms with Gasteiger partial charge in [-0.1, -0.05) is 146 Å². The predicted octanol–water partition coefficient (Wildman–Crippen LogP) is 13.9. The van der Waals surface area contributed by atoms with Gasteiger partial charge in [0.25, 0.3) is 0 Å². The molecule has 56 heavy (non-hydrogen) atoms. The van der Waals surface area contributed by atoms with E-state index >= 15 is 0 Å². The number of rotatable bonds is 5. The molecule has 4 heteroatoms. The van der Waals surface area contributed by atoms with E-state index in [4.69, 9.17) is 14.4 Å². The molecule has 0 fully saturated rings. The molecule has 9 aromatic carbocycles. The average molecular weight is 714 g/mol. The Balaban J connectivity index is 1.11. The fourth-order valence-electron chi connectivity index (χ4n) is 8.88. The van der Waals surface area contributed by atoms with Gasteiger partial charge in [-0.25, -0.2) is 9.97 Å². The average Bonchev–Trinajstić information content (AvgIpc) is 3.83. The summed E-state index contributed by atoms with van der Waals surface area (Å²) in [5, 5.41) is 9.56. The van der Waals surface area contributed by atoms with Crippen molar-refractivity contribution in [3.63, 3.8) is 0 Å². The number of furan rings is 1. The quantitative estimate of drug-likeness (QED) is 0.167. The largest absolute Gasteiger partial charge is 0.456 e. The van der Waals surface area contributed by atoms with Gasteiger partial charge >= 0.3 is 0 Å². The van der Waals surface area contributed by atoms with Crippen molar-refractivity contribution in [1.29, 1.82) is 0 Å². The van der Waals surface area contributed by atoms with Gasteiger partial charge in [0, 0.05) is 44.1 Å². The van der Waals surface area contributed by atoms with Crippen molar-refractivity contribution in [2.24, 2.45) is 0 Å². The molecule has 0 saturated heterocycles. The van der Waals surface area contributed by atoms with Gasteiger partial charge < -0.3 is 4.42 Å². The second-order valence-corrected chi connectivity index (χ2v) is 14.5. The van der Waals surface area contributed by atoms with E-state index in [1.54, 1.807) is 0 Å². The maximum Gasteiger partial charge on any atom is 0.162 e. The van der Waals surface area contributed by atoms with Crippen LogP contribution in [-0.2, 0) is 0 Å². The Bertz CT molecular complexity index is 3420. The summed E-state index contributed by atoms with van der Waals surface area (Å²) in [5.74, 6) is 1.51. The Labute approximate surface area is 321 Å². The minimum absolute atomic E-state index is 0.682. The summed E-state index contributed by atoms with van der Waals surface area (Å²) in [6.07, 6.45) is 0. The van der Waals surface area contributed by atoms with Crippen LogP contribution >= 0.6 is 0 Å². The lowest BCUT2D eigenvalue weighted by Crippen LogP contribution is -2.02. The molecule has 0 aliphatic heterocycles. The first-order valence-corrected chi connectivity index (χ1v) is 19.0. The van der Waals surface area contributed by atoms with Crippen LogP contribution in [0.3, 0.4) is 0 Å². The zero-order valence-electron chi connectivity index (χ0n) is 30.1. The summed E-state index contributed by atoms with van der Waals surface area (Å²) in [7, 11) is 0. The molecule has 0 aliphatic rings. The molecule has 0 bridgehead atoms. The highest BCUT2D eigenvalue weighted by Crippen LogP contribution is 2.47. The molecule has 0 aliphatic carbocycles. The van der Waals surface area contributed by atoms with E-state index in [0.717, 1.165) is 56.0 Å². The monoisotopic (exact) mass is 713 g/mol. The predicted molar refractivity (Wildman–Crippen MR) is 232 cm³/mol. The third kappa shape index (κ3) is 4.60. The third-order valence-corrected chi connectivity index (χ3v) is 11.4. The van der Waals surface area contributed by atoms with Crippen LogP contribution < -0.4 is 0 Å². The lowest BCUT2D eigenvalue weighted by molar-refractivity contribution is 0.669. The van der Waals surface area contributed by atoms with Crippen LogP contribution in [-0.4, -0.2) is 14.5 Å². The van der Waals surface area contributed by atoms with Crippen molar-refractivity contribution in [3.05, 3.63) is 188 Å². The van der Waals surface area contributed by atoms with Crippen molar-refractivity contribution in [2.45, 2.75) is 0 Å². The molecule has 12 aromatic rings. The number of para-hydroxylation sites is 2. The zero-order chi connectivity index (χ0) is 36.7. The van der Waals surface area contributed by atoms with Gasteiger partial charge in [-0.3, -0.25) is 4.57 Å². The van der Waals surface area contributed by atoms with Crippen molar-refractivity contribution in [3.8, 4) is 50.7 Å². The van der Waals surface area contributed by atoms with Gasteiger partial charge in [-0.15, -0.1) is 0 Å². The van der Waals surface area contributed by atoms with Crippen LogP contribution in [0.1, 0.15) is 0 Å². The van der Waals surface area contributed by atoms with Gasteiger partial charge in [-0.05, 0) is 74.8 Å². The van der Waals surface area contributed by atoms with E-state index in [9.17, 15) is 0 Å². The standard InChI is InChI=1S/C52H31N3O/c1-3-13-32(14-4-1)34-25-26-38-41-21-12-24-46-50(41)51-47(56-46)28-27-37(49(51)42(38)30-34)35-17-11-18-36(29-35)43-31-48(54-52(53-43)33-15-5-2-6-16-33)55-44-22-9-7-19-39(44)40-20-8-10-23-45(40)55/h1-31H. The number of fused-ring (bicyclic) bond motifs is 6. The summed E-state index contributed by atoms with van der Waals surface area (Å²) in [6, 6.07) is 66.6. The summed E-state index contributed by atoms with van der Waals surface area (Å²) in [4.78, 5) is 10.5. The Hall–Kier alpha value is -7.56. The van der Waals surface area contributed by atoms with E-state index < -0.39 is 0 Å². The molecular formula is C52H31N3O. The maximum atomic E-state index is 6.53. The van der Waals surface area contributed by atoms with Crippen molar-refractivity contribution < 1.29 is 4.42 Å². The molecular weight excluding hydrogens is 683 g/mol. The first-order valence-electron chi connectivity index (χ1n) is 19.0. The molecule has 0 atom stereocenters. The van der Waals surface area contributed by atoms with Crippen molar-refractivity contribution in [1.82, 2.24) is 14.5 Å². The van der Waals surface area contributed by atoms with Crippen LogP contribution in [0, 0.1) is 0 Å². The Morgan fingerprint density at radius 3 is 1.79 bits per heavy atom. The van der Waals surface area contributed by atoms with Gasteiger partial charge in [0.1, 0.15) is 17.0 Å². The third-order valence-electron chi connectivity index (χ3n) is 11.4. The van der Waals surface area contributed by atoms with Gasteiger partial charge in [0.05, 0.1) is 16.7 Å². The van der Waals surface area contributed by atoms with Crippen LogP contribution in [0.15, 0.2) is 192 Å². The number of nitrogens with zero attached hydrogens (tertiary/aromatic N) is 3. The highest BCUT2D eigenvalue weighted by atomic mass is 16.3. The normalized spacial score (nSPS) is 11.9.